The van der Waals surface area contributed by atoms with Crippen molar-refractivity contribution >= 4 is 39.3 Å². The second-order valence-electron chi connectivity index (χ2n) is 9.35. The molecule has 2 aromatic carbocycles. The number of hydrogen-bond donors (Lipinski definition) is 2. The molecule has 8 nitrogen and oxygen atoms in total. The summed E-state index contributed by atoms with van der Waals surface area (Å²) in [5.74, 6) is -0.691. The summed E-state index contributed by atoms with van der Waals surface area (Å²) in [5, 5.41) is 8.67. The quantitative estimate of drug-likeness (QED) is 0.358. The van der Waals surface area contributed by atoms with Crippen molar-refractivity contribution in [3.8, 4) is 11.1 Å². The Morgan fingerprint density at radius 2 is 2.03 bits per heavy atom. The molecular weight excluding hydrogens is 471 g/mol. The van der Waals surface area contributed by atoms with E-state index in [1.807, 2.05) is 25.1 Å². The van der Waals surface area contributed by atoms with Crippen LogP contribution in [0, 0.1) is 12.7 Å². The van der Waals surface area contributed by atoms with Gasteiger partial charge < -0.3 is 20.5 Å². The second kappa shape index (κ2) is 9.25. The summed E-state index contributed by atoms with van der Waals surface area (Å²) < 4.78 is 19.7. The Morgan fingerprint density at radius 3 is 2.86 bits per heavy atom. The van der Waals surface area contributed by atoms with Crippen LogP contribution in [-0.2, 0) is 0 Å². The Kier molecular flexibility index (Phi) is 5.77. The number of amides is 1. The fourth-order valence-electron chi connectivity index (χ4n) is 4.96. The lowest BCUT2D eigenvalue weighted by atomic mass is 10.0. The minimum atomic E-state index is -0.379. The van der Waals surface area contributed by atoms with Gasteiger partial charge in [-0.3, -0.25) is 4.79 Å². The number of pyridine rings is 2. The first-order valence-electron chi connectivity index (χ1n) is 12.2. The molecule has 9 heteroatoms. The Bertz CT molecular complexity index is 1650. The van der Waals surface area contributed by atoms with Gasteiger partial charge in [0.1, 0.15) is 11.5 Å². The Hall–Kier alpha value is -4.37. The molecule has 0 radical (unpaired) electrons. The van der Waals surface area contributed by atoms with Gasteiger partial charge in [0, 0.05) is 30.1 Å². The van der Waals surface area contributed by atoms with E-state index in [1.165, 1.54) is 6.07 Å². The largest absolute Gasteiger partial charge is 0.368 e. The van der Waals surface area contributed by atoms with Crippen LogP contribution in [0.4, 0.5) is 15.8 Å². The molecule has 0 saturated carbocycles. The molecule has 0 unspecified atom stereocenters. The Labute approximate surface area is 212 Å². The molecule has 5 aromatic rings. The number of hydrogen-bond acceptors (Lipinski definition) is 7. The highest BCUT2D eigenvalue weighted by Crippen LogP contribution is 2.37. The maximum atomic E-state index is 14.3. The molecule has 1 saturated heterocycles. The molecule has 3 N–H and O–H groups in total. The van der Waals surface area contributed by atoms with Crippen LogP contribution < -0.4 is 16.0 Å². The summed E-state index contributed by atoms with van der Waals surface area (Å²) in [6, 6.07) is 15.6. The number of benzene rings is 2. The highest BCUT2D eigenvalue weighted by Gasteiger charge is 2.26. The molecule has 186 valence electrons. The summed E-state index contributed by atoms with van der Waals surface area (Å²) in [5.41, 5.74) is 10.7. The molecule has 37 heavy (non-hydrogen) atoms. The van der Waals surface area contributed by atoms with Crippen molar-refractivity contribution in [2.24, 2.45) is 5.73 Å². The molecule has 1 aliphatic heterocycles. The van der Waals surface area contributed by atoms with E-state index in [0.717, 1.165) is 35.8 Å². The molecule has 1 aliphatic rings. The van der Waals surface area contributed by atoms with Crippen LogP contribution >= 0.6 is 0 Å². The first-order valence-corrected chi connectivity index (χ1v) is 12.2. The lowest BCUT2D eigenvalue weighted by molar-refractivity contribution is 0.102. The molecule has 3 aromatic heterocycles. The molecular formula is C28H25FN6O2. The van der Waals surface area contributed by atoms with Gasteiger partial charge in [0.2, 0.25) is 0 Å². The normalized spacial score (nSPS) is 15.9. The first-order chi connectivity index (χ1) is 18.0. The van der Waals surface area contributed by atoms with Crippen molar-refractivity contribution in [3.63, 3.8) is 0 Å². The van der Waals surface area contributed by atoms with Gasteiger partial charge in [-0.2, -0.15) is 0 Å². The summed E-state index contributed by atoms with van der Waals surface area (Å²) in [6.07, 6.45) is 3.47. The van der Waals surface area contributed by atoms with Crippen LogP contribution in [0.3, 0.4) is 0 Å². The maximum absolute atomic E-state index is 14.3. The second-order valence-corrected chi connectivity index (χ2v) is 9.35. The van der Waals surface area contributed by atoms with Crippen LogP contribution in [0.25, 0.3) is 33.1 Å². The third-order valence-corrected chi connectivity index (χ3v) is 6.78. The summed E-state index contributed by atoms with van der Waals surface area (Å²) >= 11 is 0. The van der Waals surface area contributed by atoms with Gasteiger partial charge in [0.15, 0.2) is 0 Å². The van der Waals surface area contributed by atoms with Crippen LogP contribution in [0.5, 0.6) is 0 Å². The average Bonchev–Trinajstić information content (AvgIpc) is 3.28. The molecule has 1 fully saturated rings. The SMILES string of the molecule is Cc1noc2ncc(NC(=O)c3ccc4ccc(-c5ccccc5F)cc4n3)c(N3CCC[C@H](N)C3)c12. The fourth-order valence-corrected chi connectivity index (χ4v) is 4.96. The number of aryl methyl sites for hydroxylation is 1. The minimum absolute atomic E-state index is 0.0338. The van der Waals surface area contributed by atoms with E-state index in [2.05, 4.69) is 25.3 Å². The zero-order valence-corrected chi connectivity index (χ0v) is 20.2. The summed E-state index contributed by atoms with van der Waals surface area (Å²) in [7, 11) is 0. The van der Waals surface area contributed by atoms with Gasteiger partial charge in [-0.1, -0.05) is 41.6 Å². The van der Waals surface area contributed by atoms with Gasteiger partial charge in [-0.25, -0.2) is 14.4 Å². The Morgan fingerprint density at radius 1 is 1.19 bits per heavy atom. The summed E-state index contributed by atoms with van der Waals surface area (Å²) in [4.78, 5) is 24.5. The molecule has 0 bridgehead atoms. The highest BCUT2D eigenvalue weighted by atomic mass is 19.1. The molecule has 4 heterocycles. The van der Waals surface area contributed by atoms with Gasteiger partial charge in [-0.05, 0) is 43.5 Å². The third kappa shape index (κ3) is 4.27. The lowest BCUT2D eigenvalue weighted by Gasteiger charge is -2.34. The zero-order valence-electron chi connectivity index (χ0n) is 20.2. The number of halogens is 1. The molecule has 1 atom stereocenters. The smallest absolute Gasteiger partial charge is 0.274 e. The number of carbonyl (C=O) groups excluding carboxylic acids is 1. The van der Waals surface area contributed by atoms with Crippen LogP contribution in [0.15, 0.2) is 65.3 Å². The molecule has 0 spiro atoms. The number of carbonyl (C=O) groups is 1. The average molecular weight is 497 g/mol. The van der Waals surface area contributed by atoms with Crippen molar-refractivity contribution in [2.75, 3.05) is 23.3 Å². The van der Waals surface area contributed by atoms with Crippen LogP contribution in [0.2, 0.25) is 0 Å². The number of fused-ring (bicyclic) bond motifs is 2. The monoisotopic (exact) mass is 496 g/mol. The van der Waals surface area contributed by atoms with Crippen LogP contribution in [-0.4, -0.2) is 40.2 Å². The van der Waals surface area contributed by atoms with E-state index < -0.39 is 0 Å². The molecule has 0 aliphatic carbocycles. The van der Waals surface area contributed by atoms with Gasteiger partial charge in [0.25, 0.3) is 11.6 Å². The van der Waals surface area contributed by atoms with Crippen molar-refractivity contribution in [2.45, 2.75) is 25.8 Å². The van der Waals surface area contributed by atoms with E-state index >= 15 is 0 Å². The van der Waals surface area contributed by atoms with Gasteiger partial charge in [0.05, 0.1) is 34.2 Å². The fraction of sp³-hybridized carbons (Fsp3) is 0.214. The Balaban J connectivity index is 1.37. The maximum Gasteiger partial charge on any atom is 0.274 e. The zero-order chi connectivity index (χ0) is 25.5. The third-order valence-electron chi connectivity index (χ3n) is 6.78. The van der Waals surface area contributed by atoms with E-state index in [4.69, 9.17) is 10.3 Å². The van der Waals surface area contributed by atoms with Gasteiger partial charge in [-0.15, -0.1) is 0 Å². The van der Waals surface area contributed by atoms with Crippen LogP contribution in [0.1, 0.15) is 29.0 Å². The van der Waals surface area contributed by atoms with Crippen molar-refractivity contribution in [3.05, 3.63) is 78.0 Å². The van der Waals surface area contributed by atoms with E-state index in [9.17, 15) is 9.18 Å². The van der Waals surface area contributed by atoms with E-state index in [0.29, 0.717) is 40.3 Å². The number of anilines is 2. The standard InChI is InChI=1S/C28H25FN6O2/c1-16-25-26(35-12-4-5-19(30)15-35)24(14-31-28(25)37-34-16)33-27(36)22-11-10-17-8-9-18(13-23(17)32-22)20-6-2-3-7-21(20)29/h2-3,6-11,13-14,19H,4-5,12,15,30H2,1H3,(H,33,36)/t19-/m0/s1. The van der Waals surface area contributed by atoms with Crippen molar-refractivity contribution < 1.29 is 13.7 Å². The lowest BCUT2D eigenvalue weighted by Crippen LogP contribution is -2.43. The molecule has 1 amide bonds. The predicted octanol–water partition coefficient (Wildman–Crippen LogP) is 5.07. The van der Waals surface area contributed by atoms with E-state index in [-0.39, 0.29) is 23.5 Å². The minimum Gasteiger partial charge on any atom is -0.368 e. The van der Waals surface area contributed by atoms with Crippen molar-refractivity contribution in [1.29, 1.82) is 0 Å². The van der Waals surface area contributed by atoms with Gasteiger partial charge >= 0.3 is 0 Å². The number of nitrogens with one attached hydrogen (secondary N) is 1. The number of aromatic nitrogens is 3. The van der Waals surface area contributed by atoms with Crippen molar-refractivity contribution in [1.82, 2.24) is 15.1 Å². The highest BCUT2D eigenvalue weighted by molar-refractivity contribution is 6.09. The number of nitrogens with two attached hydrogens (primary N) is 1. The first kappa shape index (κ1) is 23.1. The molecule has 6 rings (SSSR count). The topological polar surface area (TPSA) is 110 Å². The summed E-state index contributed by atoms with van der Waals surface area (Å²) in [6.45, 7) is 3.30. The number of nitrogens with zero attached hydrogens (tertiary/aromatic N) is 4. The number of rotatable bonds is 4. The van der Waals surface area contributed by atoms with E-state index in [1.54, 1.807) is 36.5 Å². The predicted molar refractivity (Wildman–Crippen MR) is 141 cm³/mol. The number of piperidine rings is 1.